The van der Waals surface area contributed by atoms with Crippen molar-refractivity contribution in [3.63, 3.8) is 0 Å². The SMILES string of the molecule is CC/C=C/CCCCC(=O)NCN(CC)CC. The molecular formula is C14H28N2O. The summed E-state index contributed by atoms with van der Waals surface area (Å²) >= 11 is 0. The average Bonchev–Trinajstić information content (AvgIpc) is 2.35. The second kappa shape index (κ2) is 11.6. The molecule has 0 saturated heterocycles. The van der Waals surface area contributed by atoms with Gasteiger partial charge in [0.05, 0.1) is 6.67 Å². The van der Waals surface area contributed by atoms with E-state index in [1.807, 2.05) is 0 Å². The van der Waals surface area contributed by atoms with Gasteiger partial charge < -0.3 is 5.32 Å². The maximum absolute atomic E-state index is 11.5. The van der Waals surface area contributed by atoms with Gasteiger partial charge in [0.1, 0.15) is 0 Å². The molecule has 0 fully saturated rings. The zero-order chi connectivity index (χ0) is 12.9. The first kappa shape index (κ1) is 16.2. The zero-order valence-electron chi connectivity index (χ0n) is 11.7. The minimum Gasteiger partial charge on any atom is -0.343 e. The molecule has 0 aromatic rings. The fourth-order valence-corrected chi connectivity index (χ4v) is 1.57. The van der Waals surface area contributed by atoms with Crippen LogP contribution in [-0.4, -0.2) is 30.6 Å². The van der Waals surface area contributed by atoms with Crippen LogP contribution in [0, 0.1) is 0 Å². The third-order valence-electron chi connectivity index (χ3n) is 2.82. The highest BCUT2D eigenvalue weighted by Gasteiger charge is 2.02. The Morgan fingerprint density at radius 1 is 1.12 bits per heavy atom. The summed E-state index contributed by atoms with van der Waals surface area (Å²) in [6.45, 7) is 9.00. The van der Waals surface area contributed by atoms with Crippen molar-refractivity contribution in [1.29, 1.82) is 0 Å². The predicted molar refractivity (Wildman–Crippen MR) is 73.8 cm³/mol. The van der Waals surface area contributed by atoms with Crippen molar-refractivity contribution in [2.24, 2.45) is 0 Å². The highest BCUT2D eigenvalue weighted by atomic mass is 16.1. The maximum atomic E-state index is 11.5. The van der Waals surface area contributed by atoms with Crippen LogP contribution >= 0.6 is 0 Å². The molecule has 0 bridgehead atoms. The third-order valence-corrected chi connectivity index (χ3v) is 2.82. The molecule has 0 radical (unpaired) electrons. The molecule has 1 N–H and O–H groups in total. The normalized spacial score (nSPS) is 11.3. The van der Waals surface area contributed by atoms with Crippen LogP contribution in [0.2, 0.25) is 0 Å². The molecular weight excluding hydrogens is 212 g/mol. The van der Waals surface area contributed by atoms with E-state index in [0.717, 1.165) is 38.8 Å². The van der Waals surface area contributed by atoms with Gasteiger partial charge >= 0.3 is 0 Å². The summed E-state index contributed by atoms with van der Waals surface area (Å²) in [6.07, 6.45) is 9.32. The van der Waals surface area contributed by atoms with E-state index >= 15 is 0 Å². The molecule has 3 nitrogen and oxygen atoms in total. The van der Waals surface area contributed by atoms with Crippen LogP contribution in [-0.2, 0) is 4.79 Å². The standard InChI is InChI=1S/C14H28N2O/c1-4-7-8-9-10-11-12-14(17)15-13-16(5-2)6-3/h7-8H,4-6,9-13H2,1-3H3,(H,15,17)/b8-7+. The Kier molecular flexibility index (Phi) is 11.1. The van der Waals surface area contributed by atoms with Crippen molar-refractivity contribution in [1.82, 2.24) is 10.2 Å². The van der Waals surface area contributed by atoms with Crippen LogP contribution < -0.4 is 5.32 Å². The first-order chi connectivity index (χ1) is 8.24. The van der Waals surface area contributed by atoms with E-state index in [-0.39, 0.29) is 5.91 Å². The Labute approximate surface area is 106 Å². The van der Waals surface area contributed by atoms with Crippen LogP contribution in [0.5, 0.6) is 0 Å². The van der Waals surface area contributed by atoms with Crippen molar-refractivity contribution >= 4 is 5.91 Å². The summed E-state index contributed by atoms with van der Waals surface area (Å²) < 4.78 is 0. The Balaban J connectivity index is 3.43. The summed E-state index contributed by atoms with van der Waals surface area (Å²) in [7, 11) is 0. The van der Waals surface area contributed by atoms with Gasteiger partial charge in [0.2, 0.25) is 5.91 Å². The molecule has 0 spiro atoms. The number of nitrogens with one attached hydrogen (secondary N) is 1. The summed E-state index contributed by atoms with van der Waals surface area (Å²) in [4.78, 5) is 13.7. The van der Waals surface area contributed by atoms with Gasteiger partial charge in [-0.05, 0) is 38.8 Å². The largest absolute Gasteiger partial charge is 0.343 e. The highest BCUT2D eigenvalue weighted by Crippen LogP contribution is 2.01. The van der Waals surface area contributed by atoms with Gasteiger partial charge in [-0.1, -0.05) is 32.9 Å². The lowest BCUT2D eigenvalue weighted by Crippen LogP contribution is -2.37. The molecule has 0 rings (SSSR count). The molecule has 0 aliphatic heterocycles. The van der Waals surface area contributed by atoms with Crippen LogP contribution in [0.25, 0.3) is 0 Å². The molecule has 3 heteroatoms. The Morgan fingerprint density at radius 3 is 2.41 bits per heavy atom. The number of amides is 1. The maximum Gasteiger partial charge on any atom is 0.220 e. The minimum absolute atomic E-state index is 0.177. The van der Waals surface area contributed by atoms with Gasteiger partial charge in [0.15, 0.2) is 0 Å². The van der Waals surface area contributed by atoms with E-state index in [9.17, 15) is 4.79 Å². The topological polar surface area (TPSA) is 32.3 Å². The average molecular weight is 240 g/mol. The van der Waals surface area contributed by atoms with Gasteiger partial charge in [-0.25, -0.2) is 0 Å². The number of hydrogen-bond acceptors (Lipinski definition) is 2. The molecule has 0 aliphatic rings. The van der Waals surface area contributed by atoms with Crippen molar-refractivity contribution in [3.8, 4) is 0 Å². The van der Waals surface area contributed by atoms with E-state index in [1.165, 1.54) is 0 Å². The molecule has 0 aliphatic carbocycles. The Hall–Kier alpha value is -0.830. The van der Waals surface area contributed by atoms with Gasteiger partial charge in [0, 0.05) is 6.42 Å². The summed E-state index contributed by atoms with van der Waals surface area (Å²) in [6, 6.07) is 0. The number of rotatable bonds is 10. The highest BCUT2D eigenvalue weighted by molar-refractivity contribution is 5.75. The number of hydrogen-bond donors (Lipinski definition) is 1. The second-order valence-corrected chi connectivity index (χ2v) is 4.19. The first-order valence-electron chi connectivity index (χ1n) is 6.88. The van der Waals surface area contributed by atoms with Gasteiger partial charge in [-0.3, -0.25) is 9.69 Å². The van der Waals surface area contributed by atoms with Gasteiger partial charge in [0.25, 0.3) is 0 Å². The van der Waals surface area contributed by atoms with Gasteiger partial charge in [-0.15, -0.1) is 0 Å². The predicted octanol–water partition coefficient (Wildman–Crippen LogP) is 2.93. The van der Waals surface area contributed by atoms with Gasteiger partial charge in [-0.2, -0.15) is 0 Å². The quantitative estimate of drug-likeness (QED) is 0.362. The number of carbonyl (C=O) groups is 1. The lowest BCUT2D eigenvalue weighted by atomic mass is 10.2. The van der Waals surface area contributed by atoms with Crippen molar-refractivity contribution in [2.75, 3.05) is 19.8 Å². The molecule has 1 amide bonds. The van der Waals surface area contributed by atoms with Crippen LogP contribution in [0.4, 0.5) is 0 Å². The second-order valence-electron chi connectivity index (χ2n) is 4.19. The fraction of sp³-hybridized carbons (Fsp3) is 0.786. The molecule has 0 aromatic heterocycles. The lowest BCUT2D eigenvalue weighted by molar-refractivity contribution is -0.121. The van der Waals surface area contributed by atoms with E-state index in [4.69, 9.17) is 0 Å². The Bertz CT molecular complexity index is 210. The molecule has 17 heavy (non-hydrogen) atoms. The Morgan fingerprint density at radius 2 is 1.82 bits per heavy atom. The number of unbranched alkanes of at least 4 members (excludes halogenated alkanes) is 2. The number of allylic oxidation sites excluding steroid dienone is 2. The summed E-state index contributed by atoms with van der Waals surface area (Å²) in [5, 5.41) is 2.96. The number of nitrogens with zero attached hydrogens (tertiary/aromatic N) is 1. The van der Waals surface area contributed by atoms with E-state index in [1.54, 1.807) is 0 Å². The minimum atomic E-state index is 0.177. The lowest BCUT2D eigenvalue weighted by Gasteiger charge is -2.18. The fourth-order valence-electron chi connectivity index (χ4n) is 1.57. The van der Waals surface area contributed by atoms with Crippen LogP contribution in [0.1, 0.15) is 52.9 Å². The van der Waals surface area contributed by atoms with E-state index < -0.39 is 0 Å². The molecule has 0 unspecified atom stereocenters. The number of carbonyl (C=O) groups excluding carboxylic acids is 1. The summed E-state index contributed by atoms with van der Waals surface area (Å²) in [5.41, 5.74) is 0. The zero-order valence-corrected chi connectivity index (χ0v) is 11.7. The monoisotopic (exact) mass is 240 g/mol. The molecule has 0 heterocycles. The smallest absolute Gasteiger partial charge is 0.220 e. The molecule has 0 saturated carbocycles. The van der Waals surface area contributed by atoms with Crippen LogP contribution in [0.3, 0.4) is 0 Å². The molecule has 0 aromatic carbocycles. The van der Waals surface area contributed by atoms with Crippen molar-refractivity contribution < 1.29 is 4.79 Å². The van der Waals surface area contributed by atoms with E-state index in [0.29, 0.717) is 13.1 Å². The third kappa shape index (κ3) is 10.1. The molecule has 100 valence electrons. The van der Waals surface area contributed by atoms with E-state index in [2.05, 4.69) is 43.1 Å². The van der Waals surface area contributed by atoms with Crippen molar-refractivity contribution in [2.45, 2.75) is 52.9 Å². The van der Waals surface area contributed by atoms with Crippen LogP contribution in [0.15, 0.2) is 12.2 Å². The molecule has 0 atom stereocenters. The van der Waals surface area contributed by atoms with Crippen molar-refractivity contribution in [3.05, 3.63) is 12.2 Å². The summed E-state index contributed by atoms with van der Waals surface area (Å²) in [5.74, 6) is 0.177. The first-order valence-corrected chi connectivity index (χ1v) is 6.88.